The van der Waals surface area contributed by atoms with Crippen molar-refractivity contribution in [2.45, 2.75) is 17.9 Å². The topological polar surface area (TPSA) is 72.5 Å². The van der Waals surface area contributed by atoms with Gasteiger partial charge in [-0.2, -0.15) is 4.72 Å². The average molecular weight is 285 g/mol. The number of hydrogen-bond donors (Lipinski definition) is 1. The molecule has 0 bridgehead atoms. The predicted octanol–water partition coefficient (Wildman–Crippen LogP) is 0.912. The lowest BCUT2D eigenvalue weighted by Gasteiger charge is -2.12. The molecule has 0 amide bonds. The van der Waals surface area contributed by atoms with Gasteiger partial charge in [0, 0.05) is 0 Å². The molecule has 102 valence electrons. The van der Waals surface area contributed by atoms with Gasteiger partial charge >= 0.3 is 5.97 Å². The molecule has 1 unspecified atom stereocenters. The summed E-state index contributed by atoms with van der Waals surface area (Å²) in [5.74, 6) is 0.497. The number of hydrogen-bond acceptors (Lipinski definition) is 4. The van der Waals surface area contributed by atoms with E-state index in [0.29, 0.717) is 0 Å². The smallest absolute Gasteiger partial charge is 0.339 e. The molecular formula is C12H12FNO4S. The molecule has 1 aromatic carbocycles. The highest BCUT2D eigenvalue weighted by Gasteiger charge is 2.24. The molecule has 0 aliphatic heterocycles. The first-order chi connectivity index (χ1) is 8.81. The fourth-order valence-electron chi connectivity index (χ4n) is 1.33. The molecule has 0 aromatic heterocycles. The fourth-order valence-corrected chi connectivity index (χ4v) is 2.70. The lowest BCUT2D eigenvalue weighted by atomic mass is 10.2. The molecule has 19 heavy (non-hydrogen) atoms. The molecule has 1 aromatic rings. The molecule has 5 nitrogen and oxygen atoms in total. The molecule has 0 saturated carbocycles. The highest BCUT2D eigenvalue weighted by molar-refractivity contribution is 7.89. The van der Waals surface area contributed by atoms with Crippen molar-refractivity contribution in [2.75, 3.05) is 7.11 Å². The van der Waals surface area contributed by atoms with E-state index in [1.807, 2.05) is 0 Å². The minimum Gasteiger partial charge on any atom is -0.465 e. The van der Waals surface area contributed by atoms with Crippen LogP contribution in [0.1, 0.15) is 17.3 Å². The Bertz CT molecular complexity index is 634. The van der Waals surface area contributed by atoms with Crippen LogP contribution in [-0.4, -0.2) is 27.5 Å². The maximum absolute atomic E-state index is 13.2. The van der Waals surface area contributed by atoms with Crippen LogP contribution in [-0.2, 0) is 14.8 Å². The van der Waals surface area contributed by atoms with E-state index in [9.17, 15) is 17.6 Å². The van der Waals surface area contributed by atoms with Gasteiger partial charge < -0.3 is 4.74 Å². The molecule has 0 aliphatic rings. The van der Waals surface area contributed by atoms with Gasteiger partial charge in [-0.25, -0.2) is 17.6 Å². The second-order valence-electron chi connectivity index (χ2n) is 3.64. The van der Waals surface area contributed by atoms with Crippen molar-refractivity contribution in [3.05, 3.63) is 29.6 Å². The zero-order valence-corrected chi connectivity index (χ0v) is 11.1. The zero-order valence-electron chi connectivity index (χ0n) is 10.3. The van der Waals surface area contributed by atoms with Gasteiger partial charge in [0.05, 0.1) is 23.6 Å². The summed E-state index contributed by atoms with van der Waals surface area (Å²) >= 11 is 0. The standard InChI is InChI=1S/C12H12FNO4S/c1-4-8(2)14-19(16,17)11-7-9(13)5-6-10(11)12(15)18-3/h1,5-8,14H,2-3H3. The number of nitrogens with one attached hydrogen (secondary N) is 1. The van der Waals surface area contributed by atoms with E-state index in [1.165, 1.54) is 6.92 Å². The molecule has 0 fully saturated rings. The molecule has 7 heteroatoms. The Kier molecular flexibility index (Phi) is 4.64. The van der Waals surface area contributed by atoms with Crippen molar-refractivity contribution in [3.8, 4) is 12.3 Å². The number of ether oxygens (including phenoxy) is 1. The van der Waals surface area contributed by atoms with Crippen molar-refractivity contribution >= 4 is 16.0 Å². The van der Waals surface area contributed by atoms with Crippen LogP contribution in [0, 0.1) is 18.2 Å². The number of esters is 1. The van der Waals surface area contributed by atoms with Crippen LogP contribution in [0.3, 0.4) is 0 Å². The minimum atomic E-state index is -4.11. The Morgan fingerprint density at radius 1 is 1.53 bits per heavy atom. The van der Waals surface area contributed by atoms with Gasteiger partial charge in [-0.05, 0) is 25.1 Å². The first kappa shape index (κ1) is 15.1. The Balaban J connectivity index is 3.37. The Labute approximate surface area is 110 Å². The van der Waals surface area contributed by atoms with E-state index >= 15 is 0 Å². The van der Waals surface area contributed by atoms with Crippen molar-refractivity contribution < 1.29 is 22.3 Å². The molecule has 1 rings (SSSR count). The summed E-state index contributed by atoms with van der Waals surface area (Å²) in [6, 6.07) is 1.95. The van der Waals surface area contributed by atoms with Crippen molar-refractivity contribution in [1.82, 2.24) is 4.72 Å². The Morgan fingerprint density at radius 2 is 2.16 bits per heavy atom. The van der Waals surface area contributed by atoms with Crippen LogP contribution in [0.2, 0.25) is 0 Å². The number of halogens is 1. The van der Waals surface area contributed by atoms with Gasteiger partial charge in [-0.1, -0.05) is 5.92 Å². The lowest BCUT2D eigenvalue weighted by molar-refractivity contribution is 0.0596. The number of rotatable bonds is 4. The van der Waals surface area contributed by atoms with E-state index in [1.54, 1.807) is 0 Å². The van der Waals surface area contributed by atoms with Crippen LogP contribution in [0.5, 0.6) is 0 Å². The third kappa shape index (κ3) is 3.53. The maximum Gasteiger partial charge on any atom is 0.339 e. The van der Waals surface area contributed by atoms with E-state index < -0.39 is 32.7 Å². The van der Waals surface area contributed by atoms with Crippen molar-refractivity contribution in [3.63, 3.8) is 0 Å². The molecular weight excluding hydrogens is 273 g/mol. The monoisotopic (exact) mass is 285 g/mol. The second kappa shape index (κ2) is 5.82. The normalized spacial score (nSPS) is 12.5. The molecule has 0 saturated heterocycles. The molecule has 0 heterocycles. The first-order valence-corrected chi connectivity index (χ1v) is 6.66. The molecule has 0 radical (unpaired) electrons. The molecule has 0 spiro atoms. The van der Waals surface area contributed by atoms with Gasteiger partial charge in [-0.15, -0.1) is 6.42 Å². The minimum absolute atomic E-state index is 0.263. The number of benzene rings is 1. The maximum atomic E-state index is 13.2. The van der Waals surface area contributed by atoms with Crippen LogP contribution in [0.25, 0.3) is 0 Å². The lowest BCUT2D eigenvalue weighted by Crippen LogP contribution is -2.32. The van der Waals surface area contributed by atoms with E-state index in [2.05, 4.69) is 15.4 Å². The summed E-state index contributed by atoms with van der Waals surface area (Å²) in [7, 11) is -3.02. The quantitative estimate of drug-likeness (QED) is 0.659. The van der Waals surface area contributed by atoms with Crippen molar-refractivity contribution in [2.24, 2.45) is 0 Å². The first-order valence-electron chi connectivity index (χ1n) is 5.18. The summed E-state index contributed by atoms with van der Waals surface area (Å²) in [5.41, 5.74) is -0.263. The summed E-state index contributed by atoms with van der Waals surface area (Å²) in [4.78, 5) is 11.0. The van der Waals surface area contributed by atoms with E-state index in [4.69, 9.17) is 6.42 Å². The van der Waals surface area contributed by atoms with Gasteiger partial charge in [0.15, 0.2) is 0 Å². The number of carbonyl (C=O) groups excluding carboxylic acids is 1. The van der Waals surface area contributed by atoms with Gasteiger partial charge in [0.1, 0.15) is 5.82 Å². The molecule has 1 N–H and O–H groups in total. The number of sulfonamides is 1. The second-order valence-corrected chi connectivity index (χ2v) is 5.32. The SMILES string of the molecule is C#CC(C)NS(=O)(=O)c1cc(F)ccc1C(=O)OC. The molecule has 1 atom stereocenters. The predicted molar refractivity (Wildman–Crippen MR) is 66.4 cm³/mol. The number of carbonyl (C=O) groups is 1. The average Bonchev–Trinajstić information content (AvgIpc) is 2.37. The molecule has 0 aliphatic carbocycles. The van der Waals surface area contributed by atoms with Crippen LogP contribution >= 0.6 is 0 Å². The van der Waals surface area contributed by atoms with E-state index in [0.717, 1.165) is 25.3 Å². The third-order valence-electron chi connectivity index (χ3n) is 2.22. The van der Waals surface area contributed by atoms with Gasteiger partial charge in [0.2, 0.25) is 10.0 Å². The largest absolute Gasteiger partial charge is 0.465 e. The summed E-state index contributed by atoms with van der Waals surface area (Å²) in [6.07, 6.45) is 5.07. The van der Waals surface area contributed by atoms with E-state index in [-0.39, 0.29) is 5.56 Å². The highest BCUT2D eigenvalue weighted by atomic mass is 32.2. The third-order valence-corrected chi connectivity index (χ3v) is 3.80. The fraction of sp³-hybridized carbons (Fsp3) is 0.250. The van der Waals surface area contributed by atoms with Crippen LogP contribution in [0.15, 0.2) is 23.1 Å². The number of methoxy groups -OCH3 is 1. The Morgan fingerprint density at radius 3 is 2.68 bits per heavy atom. The summed E-state index contributed by atoms with van der Waals surface area (Å²) in [6.45, 7) is 1.44. The number of terminal acetylenes is 1. The van der Waals surface area contributed by atoms with Gasteiger partial charge in [-0.3, -0.25) is 0 Å². The van der Waals surface area contributed by atoms with Crippen molar-refractivity contribution in [1.29, 1.82) is 0 Å². The zero-order chi connectivity index (χ0) is 14.6. The Hall–Kier alpha value is -1.91. The summed E-state index contributed by atoms with van der Waals surface area (Å²) in [5, 5.41) is 0. The highest BCUT2D eigenvalue weighted by Crippen LogP contribution is 2.18. The summed E-state index contributed by atoms with van der Waals surface area (Å²) < 4.78 is 43.8. The van der Waals surface area contributed by atoms with Crippen LogP contribution in [0.4, 0.5) is 4.39 Å². The van der Waals surface area contributed by atoms with Crippen LogP contribution < -0.4 is 4.72 Å². The van der Waals surface area contributed by atoms with Gasteiger partial charge in [0.25, 0.3) is 0 Å².